The Morgan fingerprint density at radius 3 is 2.24 bits per heavy atom. The molecule has 3 rings (SSSR count). The molecule has 0 amide bonds. The van der Waals surface area contributed by atoms with E-state index in [0.717, 1.165) is 25.7 Å². The van der Waals surface area contributed by atoms with Crippen LogP contribution < -0.4 is 5.32 Å². The molecule has 3 heterocycles. The number of hydrogen-bond donors (Lipinski definition) is 1. The number of sulfone groups is 1. The van der Waals surface area contributed by atoms with Crippen LogP contribution in [-0.4, -0.2) is 62.6 Å². The molecule has 3 aliphatic rings. The first-order valence-electron chi connectivity index (χ1n) is 7.79. The van der Waals surface area contributed by atoms with Crippen LogP contribution in [0.25, 0.3) is 0 Å². The molecule has 2 bridgehead atoms. The van der Waals surface area contributed by atoms with Gasteiger partial charge in [-0.05, 0) is 32.1 Å². The monoisotopic (exact) mass is 336 g/mol. The number of nitrogens with zero attached hydrogens (tertiary/aromatic N) is 1. The van der Waals surface area contributed by atoms with Crippen molar-refractivity contribution < 1.29 is 16.8 Å². The molecule has 3 fully saturated rings. The summed E-state index contributed by atoms with van der Waals surface area (Å²) in [5, 5.41) is 2.78. The van der Waals surface area contributed by atoms with E-state index in [-0.39, 0.29) is 24.0 Å². The minimum atomic E-state index is -3.51. The second-order valence-electron chi connectivity index (χ2n) is 6.54. The van der Waals surface area contributed by atoms with E-state index in [1.807, 2.05) is 6.92 Å². The molecule has 0 radical (unpaired) electrons. The highest BCUT2D eigenvalue weighted by molar-refractivity contribution is 7.95. The van der Waals surface area contributed by atoms with Gasteiger partial charge in [0.1, 0.15) is 0 Å². The van der Waals surface area contributed by atoms with Gasteiger partial charge in [-0.1, -0.05) is 6.92 Å². The van der Waals surface area contributed by atoms with Crippen LogP contribution in [0.15, 0.2) is 0 Å². The van der Waals surface area contributed by atoms with Crippen LogP contribution in [0, 0.1) is 0 Å². The Morgan fingerprint density at radius 1 is 1.14 bits per heavy atom. The van der Waals surface area contributed by atoms with Crippen molar-refractivity contribution >= 4 is 19.9 Å². The van der Waals surface area contributed by atoms with E-state index in [9.17, 15) is 16.8 Å². The average molecular weight is 336 g/mol. The summed E-state index contributed by atoms with van der Waals surface area (Å²) in [5.41, 5.74) is 0. The maximum atomic E-state index is 12.8. The third kappa shape index (κ3) is 3.00. The van der Waals surface area contributed by atoms with Crippen molar-refractivity contribution in [3.63, 3.8) is 0 Å². The summed E-state index contributed by atoms with van der Waals surface area (Å²) in [7, 11) is -6.69. The first-order chi connectivity index (χ1) is 9.82. The second kappa shape index (κ2) is 5.47. The van der Waals surface area contributed by atoms with Gasteiger partial charge in [0.2, 0.25) is 10.0 Å². The molecular formula is C13H24N2O4S2. The highest BCUT2D eigenvalue weighted by Crippen LogP contribution is 2.33. The summed E-state index contributed by atoms with van der Waals surface area (Å²) in [6.45, 7) is 2.29. The van der Waals surface area contributed by atoms with Gasteiger partial charge in [0, 0.05) is 24.7 Å². The zero-order valence-electron chi connectivity index (χ0n) is 12.4. The normalized spacial score (nSPS) is 39.0. The lowest BCUT2D eigenvalue weighted by atomic mass is 10.00. The Kier molecular flexibility index (Phi) is 4.09. The Morgan fingerprint density at radius 2 is 1.76 bits per heavy atom. The molecular weight excluding hydrogens is 312 g/mol. The van der Waals surface area contributed by atoms with Crippen LogP contribution in [0.2, 0.25) is 0 Å². The molecule has 3 unspecified atom stereocenters. The van der Waals surface area contributed by atoms with Gasteiger partial charge in [0.25, 0.3) is 0 Å². The smallest absolute Gasteiger partial charge is 0.218 e. The third-order valence-electron chi connectivity index (χ3n) is 5.11. The zero-order chi connectivity index (χ0) is 15.3. The van der Waals surface area contributed by atoms with Crippen LogP contribution in [0.5, 0.6) is 0 Å². The van der Waals surface area contributed by atoms with Crippen LogP contribution >= 0.6 is 0 Å². The first-order valence-corrected chi connectivity index (χ1v) is 11.1. The fraction of sp³-hybridized carbons (Fsp3) is 1.00. The summed E-state index contributed by atoms with van der Waals surface area (Å²) in [6, 6.07) is 0.873. The van der Waals surface area contributed by atoms with Gasteiger partial charge in [-0.15, -0.1) is 0 Å². The van der Waals surface area contributed by atoms with Crippen molar-refractivity contribution in [2.75, 3.05) is 18.1 Å². The predicted octanol–water partition coefficient (Wildman–Crippen LogP) is 0.108. The lowest BCUT2D eigenvalue weighted by Gasteiger charge is -2.37. The molecule has 3 saturated heterocycles. The fourth-order valence-electron chi connectivity index (χ4n) is 4.10. The molecule has 0 spiro atoms. The third-order valence-corrected chi connectivity index (χ3v) is 9.54. The van der Waals surface area contributed by atoms with Crippen molar-refractivity contribution in [2.24, 2.45) is 0 Å². The van der Waals surface area contributed by atoms with Crippen molar-refractivity contribution in [3.05, 3.63) is 0 Å². The molecule has 3 atom stereocenters. The summed E-state index contributed by atoms with van der Waals surface area (Å²) in [4.78, 5) is 0. The summed E-state index contributed by atoms with van der Waals surface area (Å²) >= 11 is 0. The minimum Gasteiger partial charge on any atom is -0.311 e. The van der Waals surface area contributed by atoms with Gasteiger partial charge in [-0.2, -0.15) is 4.31 Å². The summed E-state index contributed by atoms with van der Waals surface area (Å²) in [6.07, 6.45) is 4.19. The molecule has 21 heavy (non-hydrogen) atoms. The van der Waals surface area contributed by atoms with Crippen molar-refractivity contribution in [3.8, 4) is 0 Å². The maximum absolute atomic E-state index is 12.8. The lowest BCUT2D eigenvalue weighted by Crippen LogP contribution is -2.52. The van der Waals surface area contributed by atoms with E-state index in [1.54, 1.807) is 4.31 Å². The Balaban J connectivity index is 1.79. The topological polar surface area (TPSA) is 83.6 Å². The van der Waals surface area contributed by atoms with Gasteiger partial charge in [0.15, 0.2) is 9.84 Å². The minimum absolute atomic E-state index is 0.00588. The van der Waals surface area contributed by atoms with Crippen molar-refractivity contribution in [2.45, 2.75) is 62.4 Å². The van der Waals surface area contributed by atoms with Crippen LogP contribution in [0.4, 0.5) is 0 Å². The van der Waals surface area contributed by atoms with Crippen LogP contribution in [0.1, 0.15) is 39.0 Å². The highest BCUT2D eigenvalue weighted by atomic mass is 32.2. The lowest BCUT2D eigenvalue weighted by molar-refractivity contribution is 0.231. The Hall–Kier alpha value is -0.180. The molecule has 1 N–H and O–H groups in total. The molecule has 0 aromatic heterocycles. The zero-order valence-corrected chi connectivity index (χ0v) is 14.0. The van der Waals surface area contributed by atoms with Gasteiger partial charge < -0.3 is 5.32 Å². The number of nitrogens with one attached hydrogen (secondary N) is 1. The van der Waals surface area contributed by atoms with Crippen molar-refractivity contribution in [1.29, 1.82) is 0 Å². The number of hydrogen-bond acceptors (Lipinski definition) is 5. The standard InChI is InChI=1S/C13H24N2O4S2/c1-2-15(12-7-10-3-4-11(8-12)14-10)21(18,19)13-5-6-20(16,17)9-13/h10-14H,2-9H2,1H3. The summed E-state index contributed by atoms with van der Waals surface area (Å²) < 4.78 is 50.4. The van der Waals surface area contributed by atoms with E-state index in [0.29, 0.717) is 18.6 Å². The molecule has 0 saturated carbocycles. The molecule has 8 heteroatoms. The number of rotatable bonds is 4. The molecule has 0 aromatic rings. The molecule has 0 aromatic carbocycles. The first kappa shape index (κ1) is 15.7. The van der Waals surface area contributed by atoms with E-state index in [1.165, 1.54) is 0 Å². The molecule has 3 aliphatic heterocycles. The molecule has 0 aliphatic carbocycles. The van der Waals surface area contributed by atoms with E-state index < -0.39 is 25.1 Å². The van der Waals surface area contributed by atoms with E-state index in [2.05, 4.69) is 5.32 Å². The predicted molar refractivity (Wildman–Crippen MR) is 81.3 cm³/mol. The number of piperidine rings is 1. The van der Waals surface area contributed by atoms with E-state index in [4.69, 9.17) is 0 Å². The fourth-order valence-corrected chi connectivity index (χ4v) is 8.84. The Bertz CT molecular complexity index is 590. The van der Waals surface area contributed by atoms with Crippen LogP contribution in [-0.2, 0) is 19.9 Å². The van der Waals surface area contributed by atoms with Gasteiger partial charge in [0.05, 0.1) is 16.8 Å². The van der Waals surface area contributed by atoms with E-state index >= 15 is 0 Å². The second-order valence-corrected chi connectivity index (χ2v) is 10.9. The van der Waals surface area contributed by atoms with Gasteiger partial charge >= 0.3 is 0 Å². The SMILES string of the molecule is CCN(C1CC2CCC(C1)N2)S(=O)(=O)C1CCS(=O)(=O)C1. The molecule has 122 valence electrons. The summed E-state index contributed by atoms with van der Waals surface area (Å²) in [5.74, 6) is -0.199. The Labute approximate surface area is 127 Å². The van der Waals surface area contributed by atoms with Gasteiger partial charge in [-0.25, -0.2) is 16.8 Å². The van der Waals surface area contributed by atoms with Gasteiger partial charge in [-0.3, -0.25) is 0 Å². The quantitative estimate of drug-likeness (QED) is 0.788. The largest absolute Gasteiger partial charge is 0.311 e. The average Bonchev–Trinajstić information content (AvgIpc) is 2.93. The van der Waals surface area contributed by atoms with Crippen molar-refractivity contribution in [1.82, 2.24) is 9.62 Å². The molecule has 6 nitrogen and oxygen atoms in total. The number of sulfonamides is 1. The van der Waals surface area contributed by atoms with Crippen LogP contribution in [0.3, 0.4) is 0 Å². The maximum Gasteiger partial charge on any atom is 0.218 e. The number of fused-ring (bicyclic) bond motifs is 2. The highest BCUT2D eigenvalue weighted by Gasteiger charge is 2.45.